The number of hydrogen-bond acceptors (Lipinski definition) is 3. The highest BCUT2D eigenvalue weighted by atomic mass is 16.5. The van der Waals surface area contributed by atoms with Gasteiger partial charge < -0.3 is 9.53 Å². The Labute approximate surface area is 169 Å². The van der Waals surface area contributed by atoms with E-state index in [1.807, 2.05) is 51.1 Å². The molecule has 1 atom stereocenters. The fourth-order valence-corrected chi connectivity index (χ4v) is 3.52. The van der Waals surface area contributed by atoms with Gasteiger partial charge in [0.15, 0.2) is 0 Å². The zero-order chi connectivity index (χ0) is 21.1. The summed E-state index contributed by atoms with van der Waals surface area (Å²) in [6.07, 6.45) is 1.19. The zero-order valence-corrected chi connectivity index (χ0v) is 18.2. The fourth-order valence-electron chi connectivity index (χ4n) is 3.52. The van der Waals surface area contributed by atoms with E-state index in [0.717, 1.165) is 27.8 Å². The molecule has 0 amide bonds. The van der Waals surface area contributed by atoms with Crippen LogP contribution in [0.25, 0.3) is 0 Å². The molecular formula is C25H32O3. The van der Waals surface area contributed by atoms with Crippen molar-refractivity contribution < 1.29 is 14.3 Å². The van der Waals surface area contributed by atoms with Crippen molar-refractivity contribution in [3.8, 4) is 5.75 Å². The quantitative estimate of drug-likeness (QED) is 0.490. The summed E-state index contributed by atoms with van der Waals surface area (Å²) >= 11 is 0. The number of esters is 1. The van der Waals surface area contributed by atoms with Gasteiger partial charge in [0.1, 0.15) is 17.5 Å². The van der Waals surface area contributed by atoms with Crippen LogP contribution in [0.4, 0.5) is 0 Å². The van der Waals surface area contributed by atoms with E-state index in [2.05, 4.69) is 26.8 Å². The monoisotopic (exact) mass is 380 g/mol. The van der Waals surface area contributed by atoms with E-state index in [1.54, 1.807) is 6.92 Å². The number of ketones is 1. The molecule has 3 nitrogen and oxygen atoms in total. The Morgan fingerprint density at radius 3 is 2.36 bits per heavy atom. The van der Waals surface area contributed by atoms with Crippen LogP contribution >= 0.6 is 0 Å². The second-order valence-electron chi connectivity index (χ2n) is 8.28. The van der Waals surface area contributed by atoms with E-state index >= 15 is 0 Å². The molecule has 1 unspecified atom stereocenters. The van der Waals surface area contributed by atoms with Gasteiger partial charge in [-0.3, -0.25) is 4.79 Å². The summed E-state index contributed by atoms with van der Waals surface area (Å²) in [4.78, 5) is 24.2. The molecule has 1 aliphatic rings. The van der Waals surface area contributed by atoms with Crippen LogP contribution in [0.15, 0.2) is 36.4 Å². The lowest BCUT2D eigenvalue weighted by Crippen LogP contribution is -2.14. The second kappa shape index (κ2) is 8.72. The van der Waals surface area contributed by atoms with Crippen LogP contribution in [-0.2, 0) is 21.4 Å². The predicted molar refractivity (Wildman–Crippen MR) is 114 cm³/mol. The van der Waals surface area contributed by atoms with Gasteiger partial charge in [0.25, 0.3) is 0 Å². The first kappa shape index (κ1) is 21.9. The summed E-state index contributed by atoms with van der Waals surface area (Å²) in [5.74, 6) is 0.244. The largest absolute Gasteiger partial charge is 0.425 e. The maximum atomic E-state index is 12.7. The Kier molecular flexibility index (Phi) is 6.82. The number of Topliss-reactive ketones (excluding diaryl/α,β-unsaturated/α-hetero) is 1. The van der Waals surface area contributed by atoms with Crippen molar-refractivity contribution in [3.05, 3.63) is 64.2 Å². The summed E-state index contributed by atoms with van der Waals surface area (Å²) in [5.41, 5.74) is 4.95. The SMILES string of the molecule is CC.CC(=O)CCc1cc2c(c(C(C)(C)C)c1)OC(=O)C2c1cccc(C)c1. The van der Waals surface area contributed by atoms with Crippen LogP contribution in [0.1, 0.15) is 81.7 Å². The molecule has 0 spiro atoms. The average molecular weight is 381 g/mol. The molecule has 3 rings (SSSR count). The summed E-state index contributed by atoms with van der Waals surface area (Å²) in [6, 6.07) is 12.2. The maximum Gasteiger partial charge on any atom is 0.323 e. The van der Waals surface area contributed by atoms with Crippen LogP contribution in [0, 0.1) is 6.92 Å². The van der Waals surface area contributed by atoms with Crippen LogP contribution in [0.2, 0.25) is 0 Å². The maximum absolute atomic E-state index is 12.7. The number of carbonyl (C=O) groups excluding carboxylic acids is 2. The molecule has 0 fully saturated rings. The molecule has 2 aromatic rings. The number of benzene rings is 2. The minimum atomic E-state index is -0.400. The third kappa shape index (κ3) is 4.70. The first-order valence-electron chi connectivity index (χ1n) is 10.1. The standard InChI is InChI=1S/C23H26O3.C2H6/c1-14-7-6-8-17(11-14)20-18-12-16(10-9-15(2)24)13-19(23(3,4)5)21(18)26-22(20)25;1-2/h6-8,11-13,20H,9-10H2,1-5H3;1-2H3. The lowest BCUT2D eigenvalue weighted by molar-refractivity contribution is -0.133. The van der Waals surface area contributed by atoms with E-state index in [4.69, 9.17) is 4.74 Å². The number of aryl methyl sites for hydroxylation is 2. The summed E-state index contributed by atoms with van der Waals surface area (Å²) in [6.45, 7) is 14.0. The molecule has 0 radical (unpaired) electrons. The van der Waals surface area contributed by atoms with E-state index in [0.29, 0.717) is 18.6 Å². The molecule has 150 valence electrons. The summed E-state index contributed by atoms with van der Waals surface area (Å²) in [5, 5.41) is 0. The van der Waals surface area contributed by atoms with E-state index in [1.165, 1.54) is 0 Å². The Bertz CT molecular complexity index is 872. The normalized spacial score (nSPS) is 15.4. The number of fused-ring (bicyclic) bond motifs is 1. The zero-order valence-electron chi connectivity index (χ0n) is 18.2. The van der Waals surface area contributed by atoms with Gasteiger partial charge in [-0.1, -0.05) is 76.6 Å². The minimum absolute atomic E-state index is 0.155. The second-order valence-corrected chi connectivity index (χ2v) is 8.28. The summed E-state index contributed by atoms with van der Waals surface area (Å²) in [7, 11) is 0. The van der Waals surface area contributed by atoms with Crippen molar-refractivity contribution in [1.82, 2.24) is 0 Å². The number of rotatable bonds is 4. The smallest absolute Gasteiger partial charge is 0.323 e. The molecule has 2 aromatic carbocycles. The van der Waals surface area contributed by atoms with Crippen molar-refractivity contribution in [2.75, 3.05) is 0 Å². The lowest BCUT2D eigenvalue weighted by Gasteiger charge is -2.23. The molecule has 1 heterocycles. The Morgan fingerprint density at radius 1 is 1.11 bits per heavy atom. The van der Waals surface area contributed by atoms with Gasteiger partial charge in [0, 0.05) is 17.5 Å². The first-order chi connectivity index (χ1) is 13.2. The molecule has 0 bridgehead atoms. The minimum Gasteiger partial charge on any atom is -0.425 e. The highest BCUT2D eigenvalue weighted by Gasteiger charge is 2.38. The highest BCUT2D eigenvalue weighted by molar-refractivity contribution is 5.90. The Hall–Kier alpha value is -2.42. The average Bonchev–Trinajstić information content (AvgIpc) is 2.95. The highest BCUT2D eigenvalue weighted by Crippen LogP contribution is 2.45. The van der Waals surface area contributed by atoms with Crippen LogP contribution in [0.5, 0.6) is 5.75 Å². The van der Waals surface area contributed by atoms with Crippen LogP contribution in [0.3, 0.4) is 0 Å². The third-order valence-corrected chi connectivity index (χ3v) is 4.88. The van der Waals surface area contributed by atoms with E-state index in [9.17, 15) is 9.59 Å². The fraction of sp³-hybridized carbons (Fsp3) is 0.440. The first-order valence-corrected chi connectivity index (χ1v) is 10.1. The van der Waals surface area contributed by atoms with Crippen LogP contribution in [-0.4, -0.2) is 11.8 Å². The van der Waals surface area contributed by atoms with Crippen molar-refractivity contribution in [2.45, 2.75) is 72.6 Å². The molecule has 0 aliphatic carbocycles. The van der Waals surface area contributed by atoms with Gasteiger partial charge in [-0.15, -0.1) is 0 Å². The Morgan fingerprint density at radius 2 is 1.79 bits per heavy atom. The number of hydrogen-bond donors (Lipinski definition) is 0. The van der Waals surface area contributed by atoms with Gasteiger partial charge >= 0.3 is 5.97 Å². The molecule has 0 N–H and O–H groups in total. The molecule has 28 heavy (non-hydrogen) atoms. The summed E-state index contributed by atoms with van der Waals surface area (Å²) < 4.78 is 5.75. The topological polar surface area (TPSA) is 43.4 Å². The van der Waals surface area contributed by atoms with Gasteiger partial charge in [-0.05, 0) is 36.8 Å². The molecule has 0 saturated heterocycles. The molecule has 3 heteroatoms. The van der Waals surface area contributed by atoms with Gasteiger partial charge in [-0.2, -0.15) is 0 Å². The third-order valence-electron chi connectivity index (χ3n) is 4.88. The molecule has 0 saturated carbocycles. The van der Waals surface area contributed by atoms with Crippen molar-refractivity contribution in [2.24, 2.45) is 0 Å². The predicted octanol–water partition coefficient (Wildman–Crippen LogP) is 5.89. The van der Waals surface area contributed by atoms with Gasteiger partial charge in [0.05, 0.1) is 0 Å². The van der Waals surface area contributed by atoms with Gasteiger partial charge in [0.2, 0.25) is 0 Å². The van der Waals surface area contributed by atoms with Crippen molar-refractivity contribution in [3.63, 3.8) is 0 Å². The molecular weight excluding hydrogens is 348 g/mol. The van der Waals surface area contributed by atoms with Crippen molar-refractivity contribution >= 4 is 11.8 Å². The van der Waals surface area contributed by atoms with Crippen molar-refractivity contribution in [1.29, 1.82) is 0 Å². The van der Waals surface area contributed by atoms with Crippen LogP contribution < -0.4 is 4.74 Å². The van der Waals surface area contributed by atoms with Gasteiger partial charge in [-0.25, -0.2) is 0 Å². The number of carbonyl (C=O) groups is 2. The Balaban J connectivity index is 0.00000136. The number of ether oxygens (including phenoxy) is 1. The molecule has 1 aliphatic heterocycles. The van der Waals surface area contributed by atoms with E-state index in [-0.39, 0.29) is 17.2 Å². The molecule has 0 aromatic heterocycles. The van der Waals surface area contributed by atoms with E-state index < -0.39 is 5.92 Å². The lowest BCUT2D eigenvalue weighted by atomic mass is 9.81.